The fraction of sp³-hybridized carbons (Fsp3) is 0.700. The molecule has 0 amide bonds. The molecule has 0 N–H and O–H groups in total. The SMILES string of the molecule is Fc1cccc(CCCCC23CC4CC(CC(C4)C2)C3)c1. The van der Waals surface area contributed by atoms with Crippen LogP contribution in [-0.2, 0) is 6.42 Å². The van der Waals surface area contributed by atoms with Crippen LogP contribution in [0.3, 0.4) is 0 Å². The lowest BCUT2D eigenvalue weighted by Gasteiger charge is -2.57. The Morgan fingerprint density at radius 2 is 1.62 bits per heavy atom. The fourth-order valence-electron chi connectivity index (χ4n) is 6.12. The van der Waals surface area contributed by atoms with Crippen LogP contribution >= 0.6 is 0 Å². The minimum Gasteiger partial charge on any atom is -0.207 e. The minimum atomic E-state index is -0.0893. The lowest BCUT2D eigenvalue weighted by Crippen LogP contribution is -2.45. The van der Waals surface area contributed by atoms with Crippen molar-refractivity contribution in [2.24, 2.45) is 23.2 Å². The van der Waals surface area contributed by atoms with Gasteiger partial charge in [-0.1, -0.05) is 18.6 Å². The van der Waals surface area contributed by atoms with Crippen molar-refractivity contribution < 1.29 is 4.39 Å². The molecule has 0 aliphatic heterocycles. The molecular formula is C20H27F. The zero-order chi connectivity index (χ0) is 14.3. The third-order valence-corrected chi connectivity index (χ3v) is 6.48. The quantitative estimate of drug-likeness (QED) is 0.604. The summed E-state index contributed by atoms with van der Waals surface area (Å²) in [6.07, 6.45) is 14.3. The van der Waals surface area contributed by atoms with Crippen LogP contribution < -0.4 is 0 Å². The van der Waals surface area contributed by atoms with Gasteiger partial charge in [-0.15, -0.1) is 0 Å². The summed E-state index contributed by atoms with van der Waals surface area (Å²) in [6, 6.07) is 7.14. The molecule has 1 aromatic carbocycles. The predicted molar refractivity (Wildman–Crippen MR) is 84.6 cm³/mol. The van der Waals surface area contributed by atoms with Crippen molar-refractivity contribution in [3.63, 3.8) is 0 Å². The maximum Gasteiger partial charge on any atom is 0.123 e. The second-order valence-corrected chi connectivity index (χ2v) is 8.25. The highest BCUT2D eigenvalue weighted by atomic mass is 19.1. The van der Waals surface area contributed by atoms with E-state index in [1.54, 1.807) is 31.4 Å². The molecule has 4 aliphatic carbocycles. The van der Waals surface area contributed by atoms with Crippen molar-refractivity contribution in [2.45, 2.75) is 64.2 Å². The van der Waals surface area contributed by atoms with Gasteiger partial charge in [-0.25, -0.2) is 4.39 Å². The topological polar surface area (TPSA) is 0 Å². The van der Waals surface area contributed by atoms with Crippen LogP contribution in [0.15, 0.2) is 24.3 Å². The molecule has 21 heavy (non-hydrogen) atoms. The van der Waals surface area contributed by atoms with Crippen LogP contribution in [-0.4, -0.2) is 0 Å². The molecule has 5 rings (SSSR count). The lowest BCUT2D eigenvalue weighted by atomic mass is 9.48. The average molecular weight is 286 g/mol. The number of hydrogen-bond donors (Lipinski definition) is 0. The third kappa shape index (κ3) is 2.89. The molecule has 0 spiro atoms. The van der Waals surface area contributed by atoms with E-state index < -0.39 is 0 Å². The van der Waals surface area contributed by atoms with E-state index in [1.807, 2.05) is 6.07 Å². The zero-order valence-corrected chi connectivity index (χ0v) is 13.0. The summed E-state index contributed by atoms with van der Waals surface area (Å²) in [5.41, 5.74) is 1.89. The maximum atomic E-state index is 13.2. The Bertz CT molecular complexity index is 469. The van der Waals surface area contributed by atoms with Gasteiger partial charge in [0.15, 0.2) is 0 Å². The molecule has 1 aromatic rings. The third-order valence-electron chi connectivity index (χ3n) is 6.48. The molecule has 0 saturated heterocycles. The van der Waals surface area contributed by atoms with Crippen LogP contribution in [0.5, 0.6) is 0 Å². The van der Waals surface area contributed by atoms with Gasteiger partial charge in [0.25, 0.3) is 0 Å². The summed E-state index contributed by atoms with van der Waals surface area (Å²) in [6.45, 7) is 0. The van der Waals surface area contributed by atoms with Gasteiger partial charge < -0.3 is 0 Å². The lowest BCUT2D eigenvalue weighted by molar-refractivity contribution is -0.0582. The second-order valence-electron chi connectivity index (χ2n) is 8.25. The van der Waals surface area contributed by atoms with E-state index in [1.165, 1.54) is 44.1 Å². The van der Waals surface area contributed by atoms with E-state index in [9.17, 15) is 4.39 Å². The van der Waals surface area contributed by atoms with Crippen LogP contribution in [0.25, 0.3) is 0 Å². The molecular weight excluding hydrogens is 259 g/mol. The highest BCUT2D eigenvalue weighted by Gasteiger charge is 2.50. The van der Waals surface area contributed by atoms with Gasteiger partial charge >= 0.3 is 0 Å². The Labute approximate surface area is 128 Å². The van der Waals surface area contributed by atoms with Gasteiger partial charge in [0, 0.05) is 0 Å². The van der Waals surface area contributed by atoms with Crippen molar-refractivity contribution in [3.05, 3.63) is 35.6 Å². The smallest absolute Gasteiger partial charge is 0.123 e. The van der Waals surface area contributed by atoms with Crippen molar-refractivity contribution >= 4 is 0 Å². The first-order chi connectivity index (χ1) is 10.2. The van der Waals surface area contributed by atoms with Crippen LogP contribution in [0.4, 0.5) is 4.39 Å². The standard InChI is InChI=1S/C20H27F/c21-19-6-3-5-15(11-19)4-1-2-7-20-12-16-8-17(13-20)10-18(9-16)14-20/h3,5-6,11,16-18H,1-2,4,7-10,12-14H2. The summed E-state index contributed by atoms with van der Waals surface area (Å²) < 4.78 is 13.2. The first-order valence-electron chi connectivity index (χ1n) is 8.95. The van der Waals surface area contributed by atoms with Crippen molar-refractivity contribution in [1.29, 1.82) is 0 Å². The van der Waals surface area contributed by atoms with Crippen LogP contribution in [0.1, 0.15) is 63.4 Å². The predicted octanol–water partition coefficient (Wildman–Crippen LogP) is 5.75. The van der Waals surface area contributed by atoms with Crippen molar-refractivity contribution in [1.82, 2.24) is 0 Å². The van der Waals surface area contributed by atoms with Gasteiger partial charge in [0.2, 0.25) is 0 Å². The zero-order valence-electron chi connectivity index (χ0n) is 13.0. The van der Waals surface area contributed by atoms with E-state index in [2.05, 4.69) is 6.07 Å². The molecule has 4 saturated carbocycles. The van der Waals surface area contributed by atoms with Gasteiger partial charge in [-0.2, -0.15) is 0 Å². The van der Waals surface area contributed by atoms with E-state index in [0.717, 1.165) is 29.6 Å². The largest absolute Gasteiger partial charge is 0.207 e. The highest BCUT2D eigenvalue weighted by molar-refractivity contribution is 5.16. The minimum absolute atomic E-state index is 0.0893. The number of hydrogen-bond acceptors (Lipinski definition) is 0. The number of rotatable bonds is 5. The summed E-state index contributed by atoms with van der Waals surface area (Å²) in [5.74, 6) is 3.12. The Kier molecular flexibility index (Phi) is 3.55. The maximum absolute atomic E-state index is 13.2. The van der Waals surface area contributed by atoms with Gasteiger partial charge in [0.1, 0.15) is 5.82 Å². The normalized spacial score (nSPS) is 37.1. The van der Waals surface area contributed by atoms with Gasteiger partial charge in [-0.3, -0.25) is 0 Å². The Balaban J connectivity index is 1.29. The molecule has 1 heteroatoms. The molecule has 0 aromatic heterocycles. The average Bonchev–Trinajstić information content (AvgIpc) is 2.42. The molecule has 4 bridgehead atoms. The Morgan fingerprint density at radius 1 is 0.952 bits per heavy atom. The molecule has 4 fully saturated rings. The van der Waals surface area contributed by atoms with Crippen LogP contribution in [0.2, 0.25) is 0 Å². The molecule has 4 aliphatic rings. The highest BCUT2D eigenvalue weighted by Crippen LogP contribution is 2.61. The second kappa shape index (κ2) is 5.41. The molecule has 114 valence electrons. The van der Waals surface area contributed by atoms with Crippen LogP contribution in [0, 0.1) is 29.0 Å². The van der Waals surface area contributed by atoms with Crippen molar-refractivity contribution in [2.75, 3.05) is 0 Å². The van der Waals surface area contributed by atoms with Gasteiger partial charge in [-0.05, 0) is 98.7 Å². The number of benzene rings is 1. The Hall–Kier alpha value is -0.850. The number of aryl methyl sites for hydroxylation is 1. The van der Waals surface area contributed by atoms with E-state index in [0.29, 0.717) is 0 Å². The molecule has 0 unspecified atom stereocenters. The number of unbranched alkanes of at least 4 members (excludes halogenated alkanes) is 1. The van der Waals surface area contributed by atoms with Crippen molar-refractivity contribution in [3.8, 4) is 0 Å². The molecule has 0 radical (unpaired) electrons. The molecule has 0 heterocycles. The summed E-state index contributed by atoms with van der Waals surface area (Å²) >= 11 is 0. The van der Waals surface area contributed by atoms with Gasteiger partial charge in [0.05, 0.1) is 0 Å². The monoisotopic (exact) mass is 286 g/mol. The first kappa shape index (κ1) is 13.8. The first-order valence-corrected chi connectivity index (χ1v) is 8.95. The molecule has 0 nitrogen and oxygen atoms in total. The number of halogens is 1. The summed E-state index contributed by atoms with van der Waals surface area (Å²) in [7, 11) is 0. The Morgan fingerprint density at radius 3 is 2.24 bits per heavy atom. The van der Waals surface area contributed by atoms with E-state index in [-0.39, 0.29) is 5.82 Å². The van der Waals surface area contributed by atoms with E-state index in [4.69, 9.17) is 0 Å². The summed E-state index contributed by atoms with van der Waals surface area (Å²) in [5, 5.41) is 0. The fourth-order valence-corrected chi connectivity index (χ4v) is 6.12. The van der Waals surface area contributed by atoms with E-state index >= 15 is 0 Å². The molecule has 0 atom stereocenters. The summed E-state index contributed by atoms with van der Waals surface area (Å²) in [4.78, 5) is 0.